The molecule has 49 heavy (non-hydrogen) atoms. The van der Waals surface area contributed by atoms with Crippen LogP contribution >= 0.6 is 0 Å². The van der Waals surface area contributed by atoms with E-state index in [2.05, 4.69) is 24.3 Å². The maximum atomic E-state index is 9.33. The first-order valence-corrected chi connectivity index (χ1v) is 15.8. The minimum atomic E-state index is -0.718. The van der Waals surface area contributed by atoms with Crippen LogP contribution in [-0.4, -0.2) is 0 Å². The molecule has 0 radical (unpaired) electrons. The van der Waals surface area contributed by atoms with Gasteiger partial charge in [0.25, 0.3) is 0 Å². The number of furan rings is 1. The van der Waals surface area contributed by atoms with Crippen LogP contribution in [0.15, 0.2) is 186 Å². The first-order chi connectivity index (χ1) is 29.7. The van der Waals surface area contributed by atoms with Crippen LogP contribution in [0, 0.1) is 0 Å². The lowest BCUT2D eigenvalue weighted by Crippen LogP contribution is -1.91. The first-order valence-electron chi connectivity index (χ1n) is 22.3. The molecule has 1 heteroatoms. The van der Waals surface area contributed by atoms with Gasteiger partial charge in [-0.2, -0.15) is 0 Å². The molecule has 0 spiro atoms. The largest absolute Gasteiger partial charge is 0.455 e. The Morgan fingerprint density at radius 3 is 1.55 bits per heavy atom. The second-order valence-electron chi connectivity index (χ2n) is 11.8. The summed E-state index contributed by atoms with van der Waals surface area (Å²) in [4.78, 5) is 0. The monoisotopic (exact) mass is 635 g/mol. The maximum absolute atomic E-state index is 9.33. The van der Waals surface area contributed by atoms with Gasteiger partial charge in [-0.25, -0.2) is 0 Å². The lowest BCUT2D eigenvalue weighted by molar-refractivity contribution is 0.671. The van der Waals surface area contributed by atoms with Crippen LogP contribution in [0.5, 0.6) is 0 Å². The molecule has 0 fully saturated rings. The normalized spacial score (nSPS) is 15.4. The Hall–Kier alpha value is -6.44. The predicted molar refractivity (Wildman–Crippen MR) is 208 cm³/mol. The van der Waals surface area contributed by atoms with Gasteiger partial charge >= 0.3 is 0 Å². The van der Waals surface area contributed by atoms with Crippen LogP contribution in [0.3, 0.4) is 0 Å². The van der Waals surface area contributed by atoms with Crippen molar-refractivity contribution in [3.8, 4) is 44.5 Å². The van der Waals surface area contributed by atoms with Gasteiger partial charge in [0.2, 0.25) is 0 Å². The first kappa shape index (κ1) is 17.6. The third-order valence-corrected chi connectivity index (χ3v) is 9.19. The molecular weight excluding hydrogens is 593 g/mol. The van der Waals surface area contributed by atoms with Crippen molar-refractivity contribution in [2.45, 2.75) is 0 Å². The van der Waals surface area contributed by atoms with E-state index < -0.39 is 84.1 Å². The van der Waals surface area contributed by atoms with Crippen molar-refractivity contribution < 1.29 is 22.2 Å². The molecule has 0 saturated heterocycles. The molecule has 0 N–H and O–H groups in total. The Labute approximate surface area is 302 Å². The Balaban J connectivity index is 1.32. The zero-order chi connectivity index (χ0) is 43.6. The van der Waals surface area contributed by atoms with Gasteiger partial charge < -0.3 is 4.42 Å². The smallest absolute Gasteiger partial charge is 0.143 e. The van der Waals surface area contributed by atoms with Crippen LogP contribution in [0.25, 0.3) is 98.8 Å². The zero-order valence-electron chi connectivity index (χ0n) is 38.7. The number of benzene rings is 9. The number of fused-ring (bicyclic) bond motifs is 6. The molecule has 0 bridgehead atoms. The van der Waals surface area contributed by atoms with E-state index >= 15 is 0 Å². The van der Waals surface area contributed by atoms with Crippen molar-refractivity contribution in [1.82, 2.24) is 0 Å². The summed E-state index contributed by atoms with van der Waals surface area (Å²) in [6.45, 7) is 0. The Kier molecular flexibility index (Phi) is 3.99. The van der Waals surface area contributed by atoms with E-state index in [1.54, 1.807) is 18.2 Å². The summed E-state index contributed by atoms with van der Waals surface area (Å²) in [6.07, 6.45) is 0. The quantitative estimate of drug-likeness (QED) is 0.175. The Bertz CT molecular complexity index is 3510. The average molecular weight is 636 g/mol. The lowest BCUT2D eigenvalue weighted by atomic mass is 9.85. The average Bonchev–Trinajstić information content (AvgIpc) is 3.68. The van der Waals surface area contributed by atoms with Gasteiger partial charge in [0.15, 0.2) is 0 Å². The molecule has 0 unspecified atom stereocenters. The van der Waals surface area contributed by atoms with Crippen molar-refractivity contribution in [2.75, 3.05) is 0 Å². The van der Waals surface area contributed by atoms with Crippen molar-refractivity contribution in [3.05, 3.63) is 182 Å². The van der Waals surface area contributed by atoms with Crippen LogP contribution in [0.2, 0.25) is 0 Å². The summed E-state index contributed by atoms with van der Waals surface area (Å²) in [5, 5.41) is 3.11. The van der Waals surface area contributed by atoms with E-state index in [1.807, 2.05) is 60.7 Å². The van der Waals surface area contributed by atoms with Gasteiger partial charge in [0.05, 0.1) is 17.8 Å². The van der Waals surface area contributed by atoms with Crippen molar-refractivity contribution in [3.63, 3.8) is 0 Å². The third-order valence-electron chi connectivity index (χ3n) is 9.19. The number of para-hydroxylation sites is 2. The molecule has 9 aromatic carbocycles. The Morgan fingerprint density at radius 2 is 0.837 bits per heavy atom. The van der Waals surface area contributed by atoms with Crippen LogP contribution < -0.4 is 0 Å². The number of hydrogen-bond acceptors (Lipinski definition) is 1. The molecule has 0 aliphatic carbocycles. The second kappa shape index (κ2) is 11.1. The number of rotatable bonds is 4. The molecule has 0 aliphatic heterocycles. The van der Waals surface area contributed by atoms with Crippen LogP contribution in [0.4, 0.5) is 0 Å². The third kappa shape index (κ3) is 4.33. The SMILES string of the molecule is [2H]c1c([2H])c([2H])c(-c2c3c([2H])c([2H])c([2H])c([2H])c3c(-c3cccc(-c4cccc5c4oc4c(-c6cccc7ccccc67)cccc45)c3)c3c([2H])c([2H])c([2H])c([2H])c23)c([2H])c1[2H]. The highest BCUT2D eigenvalue weighted by Gasteiger charge is 2.19. The van der Waals surface area contributed by atoms with E-state index in [0.29, 0.717) is 27.9 Å². The molecule has 0 amide bonds. The van der Waals surface area contributed by atoms with Crippen molar-refractivity contribution in [2.24, 2.45) is 0 Å². The topological polar surface area (TPSA) is 13.1 Å². The molecular formula is C48H30O. The highest BCUT2D eigenvalue weighted by Crippen LogP contribution is 2.45. The number of hydrogen-bond donors (Lipinski definition) is 0. The van der Waals surface area contributed by atoms with Crippen molar-refractivity contribution >= 4 is 54.3 Å². The molecule has 1 aromatic heterocycles. The predicted octanol–water partition coefficient (Wildman–Crippen LogP) is 13.7. The van der Waals surface area contributed by atoms with E-state index in [-0.39, 0.29) is 32.7 Å². The fraction of sp³-hybridized carbons (Fsp3) is 0. The summed E-state index contributed by atoms with van der Waals surface area (Å²) in [5.41, 5.74) is 4.14. The minimum absolute atomic E-state index is 0.0574. The lowest BCUT2D eigenvalue weighted by Gasteiger charge is -2.18. The molecule has 10 aromatic rings. The van der Waals surface area contributed by atoms with Gasteiger partial charge in [-0.3, -0.25) is 0 Å². The minimum Gasteiger partial charge on any atom is -0.455 e. The van der Waals surface area contributed by atoms with Gasteiger partial charge in [-0.05, 0) is 71.8 Å². The molecule has 0 atom stereocenters. The van der Waals surface area contributed by atoms with Gasteiger partial charge in [0, 0.05) is 21.9 Å². The highest BCUT2D eigenvalue weighted by molar-refractivity contribution is 6.22. The second-order valence-corrected chi connectivity index (χ2v) is 11.8. The van der Waals surface area contributed by atoms with Crippen molar-refractivity contribution in [1.29, 1.82) is 0 Å². The highest BCUT2D eigenvalue weighted by atomic mass is 16.3. The van der Waals surface area contributed by atoms with Crippen LogP contribution in [0.1, 0.15) is 17.8 Å². The summed E-state index contributed by atoms with van der Waals surface area (Å²) in [6, 6.07) is 24.8. The summed E-state index contributed by atoms with van der Waals surface area (Å²) >= 11 is 0. The standard InChI is InChI=1S/C48H30O/c1-2-15-32(16-3-1)45-38-21-6-8-23-40(38)46(41-24-9-7-22-39(41)45)34-19-10-18-33(30-34)36-25-12-28-43-44-29-13-27-42(48(44)49-47(36)43)37-26-11-17-31-14-4-5-20-35(31)37/h1-30H/i1D,2D,3D,6D,7D,8D,9D,15D,16D,21D,22D,23D,24D. The summed E-state index contributed by atoms with van der Waals surface area (Å²) in [5.74, 6) is 0. The Morgan fingerprint density at radius 1 is 0.347 bits per heavy atom. The fourth-order valence-corrected chi connectivity index (χ4v) is 7.10. The fourth-order valence-electron chi connectivity index (χ4n) is 7.10. The zero-order valence-corrected chi connectivity index (χ0v) is 25.7. The van der Waals surface area contributed by atoms with Crippen LogP contribution in [-0.2, 0) is 0 Å². The molecule has 1 nitrogen and oxygen atoms in total. The van der Waals surface area contributed by atoms with E-state index in [4.69, 9.17) is 16.8 Å². The van der Waals surface area contributed by atoms with E-state index in [0.717, 1.165) is 32.7 Å². The van der Waals surface area contributed by atoms with E-state index in [9.17, 15) is 5.48 Å². The molecule has 10 rings (SSSR count). The molecule has 0 aliphatic rings. The summed E-state index contributed by atoms with van der Waals surface area (Å²) < 4.78 is 122. The van der Waals surface area contributed by atoms with Gasteiger partial charge in [-0.1, -0.05) is 176 Å². The van der Waals surface area contributed by atoms with Gasteiger partial charge in [-0.15, -0.1) is 0 Å². The molecule has 0 saturated carbocycles. The molecule has 1 heterocycles. The van der Waals surface area contributed by atoms with Gasteiger partial charge in [0.1, 0.15) is 11.2 Å². The maximum Gasteiger partial charge on any atom is 0.143 e. The molecule has 228 valence electrons. The summed E-state index contributed by atoms with van der Waals surface area (Å²) in [7, 11) is 0. The van der Waals surface area contributed by atoms with E-state index in [1.165, 1.54) is 0 Å².